The van der Waals surface area contributed by atoms with Crippen molar-refractivity contribution < 1.29 is 9.59 Å². The largest absolute Gasteiger partial charge is 0.326 e. The highest BCUT2D eigenvalue weighted by molar-refractivity contribution is 5.98. The molecule has 2 aliphatic rings. The molecule has 0 saturated heterocycles. The number of hydrogen-bond donors (Lipinski definition) is 2. The molecule has 0 aromatic heterocycles. The summed E-state index contributed by atoms with van der Waals surface area (Å²) in [5.74, 6) is 0.725. The minimum atomic E-state index is 0.0174. The highest BCUT2D eigenvalue weighted by Crippen LogP contribution is 2.48. The highest BCUT2D eigenvalue weighted by Gasteiger charge is 2.44. The van der Waals surface area contributed by atoms with E-state index in [1.54, 1.807) is 0 Å². The number of carbonyl (C=O) groups excluding carboxylic acids is 2. The van der Waals surface area contributed by atoms with Crippen molar-refractivity contribution in [3.8, 4) is 0 Å². The Kier molecular flexibility index (Phi) is 4.83. The Morgan fingerprint density at radius 2 is 1.03 bits per heavy atom. The molecule has 4 atom stereocenters. The third kappa shape index (κ3) is 3.99. The third-order valence-electron chi connectivity index (χ3n) is 6.11. The van der Waals surface area contributed by atoms with Gasteiger partial charge in [-0.25, -0.2) is 0 Å². The molecule has 0 spiro atoms. The molecule has 2 aliphatic carbocycles. The van der Waals surface area contributed by atoms with Gasteiger partial charge in [0, 0.05) is 23.2 Å². The van der Waals surface area contributed by atoms with Crippen molar-refractivity contribution in [3.63, 3.8) is 0 Å². The summed E-state index contributed by atoms with van der Waals surface area (Å²) in [5, 5.41) is 6.01. The van der Waals surface area contributed by atoms with Gasteiger partial charge >= 0.3 is 0 Å². The van der Waals surface area contributed by atoms with Crippen molar-refractivity contribution in [1.29, 1.82) is 0 Å². The minimum absolute atomic E-state index is 0.0174. The number of anilines is 2. The molecule has 30 heavy (non-hydrogen) atoms. The second-order valence-electron chi connectivity index (χ2n) is 8.28. The predicted octanol–water partition coefficient (Wildman–Crippen LogP) is 5.17. The maximum absolute atomic E-state index is 12.6. The van der Waals surface area contributed by atoms with Crippen LogP contribution in [0.25, 0.3) is 0 Å². The first-order chi connectivity index (χ1) is 14.7. The molecule has 2 N–H and O–H groups in total. The molecular weight excluding hydrogens is 372 g/mol. The average molecular weight is 396 g/mol. The van der Waals surface area contributed by atoms with E-state index in [9.17, 15) is 9.59 Å². The second-order valence-corrected chi connectivity index (χ2v) is 8.28. The molecule has 0 aliphatic heterocycles. The maximum atomic E-state index is 12.6. The Hall–Kier alpha value is -3.40. The standard InChI is InChI=1S/C26H24N2O2/c29-25(23-15-21(23)17-8-3-1-4-9-17)27-19-12-7-13-20(14-19)28-26(30)24-16-22(24)18-10-5-2-6-11-18/h1-14,21-24H,15-16H2,(H,27,29)(H,28,30)/t21-,22+,23-,24-/m1/s1. The summed E-state index contributed by atoms with van der Waals surface area (Å²) in [6.45, 7) is 0. The number of hydrogen-bond acceptors (Lipinski definition) is 2. The average Bonchev–Trinajstić information content (AvgIpc) is 3.69. The van der Waals surface area contributed by atoms with Gasteiger partial charge in [-0.3, -0.25) is 9.59 Å². The van der Waals surface area contributed by atoms with Crippen LogP contribution in [0.5, 0.6) is 0 Å². The SMILES string of the molecule is O=C(Nc1cccc(NC(=O)[C@@H]2C[C@H]2c2ccccc2)c1)[C@@H]1C[C@@H]1c1ccccc1. The Morgan fingerprint density at radius 3 is 1.47 bits per heavy atom. The summed E-state index contributed by atoms with van der Waals surface area (Å²) < 4.78 is 0. The fraction of sp³-hybridized carbons (Fsp3) is 0.231. The molecule has 3 aromatic rings. The Labute approximate surface area is 176 Å². The molecule has 150 valence electrons. The van der Waals surface area contributed by atoms with Gasteiger partial charge in [-0.15, -0.1) is 0 Å². The zero-order valence-corrected chi connectivity index (χ0v) is 16.6. The van der Waals surface area contributed by atoms with Crippen molar-refractivity contribution in [2.75, 3.05) is 10.6 Å². The van der Waals surface area contributed by atoms with Crippen LogP contribution in [0, 0.1) is 11.8 Å². The van der Waals surface area contributed by atoms with Crippen LogP contribution in [0.2, 0.25) is 0 Å². The van der Waals surface area contributed by atoms with E-state index in [4.69, 9.17) is 0 Å². The van der Waals surface area contributed by atoms with E-state index in [1.165, 1.54) is 11.1 Å². The molecule has 0 heterocycles. The fourth-order valence-electron chi connectivity index (χ4n) is 4.25. The molecule has 5 rings (SSSR count). The highest BCUT2D eigenvalue weighted by atomic mass is 16.2. The van der Waals surface area contributed by atoms with Crippen LogP contribution in [-0.4, -0.2) is 11.8 Å². The zero-order valence-electron chi connectivity index (χ0n) is 16.6. The lowest BCUT2D eigenvalue weighted by Gasteiger charge is -2.09. The monoisotopic (exact) mass is 396 g/mol. The van der Waals surface area contributed by atoms with Crippen LogP contribution in [0.15, 0.2) is 84.9 Å². The summed E-state index contributed by atoms with van der Waals surface area (Å²) in [6.07, 6.45) is 1.77. The number of carbonyl (C=O) groups is 2. The molecule has 4 nitrogen and oxygen atoms in total. The summed E-state index contributed by atoms with van der Waals surface area (Å²) in [5.41, 5.74) is 3.87. The van der Waals surface area contributed by atoms with E-state index < -0.39 is 0 Å². The predicted molar refractivity (Wildman–Crippen MR) is 118 cm³/mol. The van der Waals surface area contributed by atoms with Gasteiger partial charge in [-0.1, -0.05) is 66.7 Å². The number of benzene rings is 3. The Morgan fingerprint density at radius 1 is 0.600 bits per heavy atom. The maximum Gasteiger partial charge on any atom is 0.228 e. The number of nitrogens with one attached hydrogen (secondary N) is 2. The third-order valence-corrected chi connectivity index (χ3v) is 6.11. The lowest BCUT2D eigenvalue weighted by molar-refractivity contribution is -0.118. The summed E-state index contributed by atoms with van der Waals surface area (Å²) in [4.78, 5) is 25.2. The number of amides is 2. The van der Waals surface area contributed by atoms with Gasteiger partial charge < -0.3 is 10.6 Å². The van der Waals surface area contributed by atoms with E-state index in [0.29, 0.717) is 23.2 Å². The van der Waals surface area contributed by atoms with Crippen LogP contribution in [0.4, 0.5) is 11.4 Å². The van der Waals surface area contributed by atoms with Crippen molar-refractivity contribution in [1.82, 2.24) is 0 Å². The van der Waals surface area contributed by atoms with Crippen LogP contribution in [-0.2, 0) is 9.59 Å². The first-order valence-electron chi connectivity index (χ1n) is 10.5. The van der Waals surface area contributed by atoms with E-state index in [-0.39, 0.29) is 23.7 Å². The van der Waals surface area contributed by atoms with Gasteiger partial charge in [-0.05, 0) is 54.0 Å². The molecule has 0 radical (unpaired) electrons. The van der Waals surface area contributed by atoms with Crippen LogP contribution in [0.1, 0.15) is 35.8 Å². The van der Waals surface area contributed by atoms with E-state index >= 15 is 0 Å². The van der Waals surface area contributed by atoms with Crippen molar-refractivity contribution in [2.45, 2.75) is 24.7 Å². The first-order valence-corrected chi connectivity index (χ1v) is 10.5. The van der Waals surface area contributed by atoms with Crippen LogP contribution >= 0.6 is 0 Å². The summed E-state index contributed by atoms with van der Waals surface area (Å²) >= 11 is 0. The number of rotatable bonds is 6. The van der Waals surface area contributed by atoms with Gasteiger partial charge in [0.15, 0.2) is 0 Å². The molecule has 4 heteroatoms. The van der Waals surface area contributed by atoms with Gasteiger partial charge in [-0.2, -0.15) is 0 Å². The lowest BCUT2D eigenvalue weighted by atomic mass is 10.1. The van der Waals surface area contributed by atoms with Gasteiger partial charge in [0.1, 0.15) is 0 Å². The zero-order chi connectivity index (χ0) is 20.5. The molecule has 2 saturated carbocycles. The van der Waals surface area contributed by atoms with Crippen LogP contribution < -0.4 is 10.6 Å². The fourth-order valence-corrected chi connectivity index (χ4v) is 4.25. The van der Waals surface area contributed by atoms with E-state index in [2.05, 4.69) is 34.9 Å². The van der Waals surface area contributed by atoms with Gasteiger partial charge in [0.2, 0.25) is 11.8 Å². The van der Waals surface area contributed by atoms with E-state index in [1.807, 2.05) is 60.7 Å². The first kappa shape index (κ1) is 18.6. The van der Waals surface area contributed by atoms with Gasteiger partial charge in [0.05, 0.1) is 0 Å². The molecule has 0 unspecified atom stereocenters. The van der Waals surface area contributed by atoms with Crippen molar-refractivity contribution in [3.05, 3.63) is 96.1 Å². The quantitative estimate of drug-likeness (QED) is 0.604. The molecule has 0 bridgehead atoms. The van der Waals surface area contributed by atoms with E-state index in [0.717, 1.165) is 12.8 Å². The summed E-state index contributed by atoms with van der Waals surface area (Å²) in [6, 6.07) is 27.7. The minimum Gasteiger partial charge on any atom is -0.326 e. The van der Waals surface area contributed by atoms with Crippen molar-refractivity contribution >= 4 is 23.2 Å². The molecule has 2 fully saturated rings. The van der Waals surface area contributed by atoms with Crippen LogP contribution in [0.3, 0.4) is 0 Å². The normalized spacial score (nSPS) is 24.0. The topological polar surface area (TPSA) is 58.2 Å². The molecule has 2 amide bonds. The van der Waals surface area contributed by atoms with Gasteiger partial charge in [0.25, 0.3) is 0 Å². The smallest absolute Gasteiger partial charge is 0.228 e. The second kappa shape index (κ2) is 7.79. The molecule has 3 aromatic carbocycles. The lowest BCUT2D eigenvalue weighted by Crippen LogP contribution is -2.16. The van der Waals surface area contributed by atoms with Crippen molar-refractivity contribution in [2.24, 2.45) is 11.8 Å². The Balaban J connectivity index is 1.17. The summed E-state index contributed by atoms with van der Waals surface area (Å²) in [7, 11) is 0. The molecular formula is C26H24N2O2. The Bertz CT molecular complexity index is 982.